The lowest BCUT2D eigenvalue weighted by Crippen LogP contribution is -2.58. The predicted molar refractivity (Wildman–Crippen MR) is 193 cm³/mol. The number of benzene rings is 1. The molecule has 1 unspecified atom stereocenters. The molecular formula is C37H43FN8O7S. The maximum Gasteiger partial charge on any atom is 0.272 e. The van der Waals surface area contributed by atoms with E-state index in [9.17, 15) is 32.0 Å². The average Bonchev–Trinajstić information content (AvgIpc) is 4.07. The Morgan fingerprint density at radius 2 is 1.89 bits per heavy atom. The quantitative estimate of drug-likeness (QED) is 0.285. The Balaban J connectivity index is 1.20. The highest BCUT2D eigenvalue weighted by Crippen LogP contribution is 2.46. The molecule has 2 aliphatic carbocycles. The molecule has 3 fully saturated rings. The van der Waals surface area contributed by atoms with E-state index >= 15 is 0 Å². The van der Waals surface area contributed by atoms with Crippen LogP contribution in [0, 0.1) is 18.7 Å². The van der Waals surface area contributed by atoms with Gasteiger partial charge in [-0.05, 0) is 64.0 Å². The zero-order valence-electron chi connectivity index (χ0n) is 30.1. The van der Waals surface area contributed by atoms with Gasteiger partial charge in [0.2, 0.25) is 27.7 Å². The zero-order valence-corrected chi connectivity index (χ0v) is 30.9. The Bertz CT molecular complexity index is 2110. The number of amides is 4. The minimum atomic E-state index is -3.91. The summed E-state index contributed by atoms with van der Waals surface area (Å²) in [5, 5.41) is 5.00. The first-order valence-electron chi connectivity index (χ1n) is 18.4. The number of ether oxygens (including phenoxy) is 1. The van der Waals surface area contributed by atoms with Crippen LogP contribution in [0.5, 0.6) is 5.88 Å². The van der Waals surface area contributed by atoms with Crippen molar-refractivity contribution >= 4 is 44.7 Å². The molecule has 2 aromatic heterocycles. The molecule has 0 spiro atoms. The van der Waals surface area contributed by atoms with E-state index in [-0.39, 0.29) is 42.9 Å². The van der Waals surface area contributed by atoms with Gasteiger partial charge >= 0.3 is 0 Å². The van der Waals surface area contributed by atoms with Crippen molar-refractivity contribution in [1.82, 2.24) is 40.2 Å². The van der Waals surface area contributed by atoms with Gasteiger partial charge in [-0.1, -0.05) is 31.9 Å². The standard InChI is InChI=1S/C37H43FN8O7S/c1-3-26-34(43-29-15-23(38)11-14-27(29)41-26)53-24-16-31-33(48)44-37(36(50)45-54(51,52)25-12-13-25)17-22(37)9-7-5-4-6-8-10-28(35(49)46(31)20-24)42-32(47)30-19-39-21(2)18-40-30/h7,9,11,14-15,18-19,22,24-25,28,31H,3-6,8,10,12-13,16-17,20H2,1-2H3,(H,42,47)(H,44,48)(H,45,50)/b9-7-/t22?,24-,28+,31+,37-/m1/s1. The van der Waals surface area contributed by atoms with E-state index in [4.69, 9.17) is 4.74 Å². The van der Waals surface area contributed by atoms with Crippen LogP contribution in [0.25, 0.3) is 11.0 Å². The summed E-state index contributed by atoms with van der Waals surface area (Å²) in [7, 11) is -3.91. The number of carbonyl (C=O) groups is 4. The summed E-state index contributed by atoms with van der Waals surface area (Å²) < 4.78 is 48.3. The average molecular weight is 763 g/mol. The van der Waals surface area contributed by atoms with Gasteiger partial charge in [0.05, 0.1) is 34.7 Å². The molecule has 0 bridgehead atoms. The lowest BCUT2D eigenvalue weighted by Gasteiger charge is -2.29. The first kappa shape index (κ1) is 37.3. The van der Waals surface area contributed by atoms with Crippen LogP contribution in [-0.4, -0.2) is 92.4 Å². The Hall–Kier alpha value is -5.06. The second-order valence-electron chi connectivity index (χ2n) is 14.5. The van der Waals surface area contributed by atoms with Gasteiger partial charge in [0.1, 0.15) is 40.9 Å². The molecule has 4 heterocycles. The summed E-state index contributed by atoms with van der Waals surface area (Å²) in [6.07, 6.45) is 10.3. The highest BCUT2D eigenvalue weighted by Gasteiger charge is 2.62. The second-order valence-corrected chi connectivity index (χ2v) is 16.5. The van der Waals surface area contributed by atoms with Gasteiger partial charge in [-0.3, -0.25) is 28.9 Å². The molecule has 17 heteroatoms. The van der Waals surface area contributed by atoms with Crippen molar-refractivity contribution in [3.63, 3.8) is 0 Å². The summed E-state index contributed by atoms with van der Waals surface area (Å²) in [6, 6.07) is 1.84. The fourth-order valence-electron chi connectivity index (χ4n) is 7.12. The Morgan fingerprint density at radius 1 is 1.07 bits per heavy atom. The van der Waals surface area contributed by atoms with E-state index in [1.165, 1.54) is 35.5 Å². The maximum atomic E-state index is 14.5. The number of aryl methyl sites for hydroxylation is 2. The molecule has 2 saturated carbocycles. The molecule has 286 valence electrons. The molecule has 4 amide bonds. The third kappa shape index (κ3) is 7.91. The summed E-state index contributed by atoms with van der Waals surface area (Å²) in [5.41, 5.74) is 0.353. The van der Waals surface area contributed by atoms with Gasteiger partial charge in [-0.25, -0.2) is 27.8 Å². The highest BCUT2D eigenvalue weighted by molar-refractivity contribution is 7.91. The molecule has 4 aliphatic rings. The van der Waals surface area contributed by atoms with Crippen molar-refractivity contribution < 1.29 is 36.7 Å². The molecule has 1 aromatic carbocycles. The number of halogens is 1. The molecule has 3 aromatic rings. The highest BCUT2D eigenvalue weighted by atomic mass is 32.2. The topological polar surface area (TPSA) is 203 Å². The van der Waals surface area contributed by atoms with Crippen LogP contribution < -0.4 is 20.1 Å². The van der Waals surface area contributed by atoms with Crippen LogP contribution in [-0.2, 0) is 30.8 Å². The largest absolute Gasteiger partial charge is 0.471 e. The van der Waals surface area contributed by atoms with Crippen LogP contribution in [0.1, 0.15) is 86.6 Å². The fourth-order valence-corrected chi connectivity index (χ4v) is 8.48. The van der Waals surface area contributed by atoms with E-state index in [1.54, 1.807) is 6.92 Å². The predicted octanol–water partition coefficient (Wildman–Crippen LogP) is 2.58. The number of nitrogens with one attached hydrogen (secondary N) is 3. The number of carbonyl (C=O) groups excluding carboxylic acids is 4. The zero-order chi connectivity index (χ0) is 38.2. The lowest BCUT2D eigenvalue weighted by atomic mass is 10.0. The monoisotopic (exact) mass is 762 g/mol. The normalized spacial score (nSPS) is 26.8. The first-order chi connectivity index (χ1) is 25.9. The second kappa shape index (κ2) is 15.0. The van der Waals surface area contributed by atoms with Gasteiger partial charge in [0.25, 0.3) is 11.8 Å². The molecule has 15 nitrogen and oxygen atoms in total. The smallest absolute Gasteiger partial charge is 0.272 e. The molecule has 2 aliphatic heterocycles. The molecule has 54 heavy (non-hydrogen) atoms. The van der Waals surface area contributed by atoms with Crippen molar-refractivity contribution in [2.45, 2.75) is 107 Å². The number of nitrogens with zero attached hydrogens (tertiary/aromatic N) is 5. The minimum absolute atomic E-state index is 0.0216. The summed E-state index contributed by atoms with van der Waals surface area (Å²) in [4.78, 5) is 74.7. The molecular weight excluding hydrogens is 720 g/mol. The number of hydrogen-bond acceptors (Lipinski definition) is 11. The van der Waals surface area contributed by atoms with Gasteiger partial charge < -0.3 is 20.3 Å². The number of hydrogen-bond donors (Lipinski definition) is 3. The lowest BCUT2D eigenvalue weighted by molar-refractivity contribution is -0.141. The number of fused-ring (bicyclic) bond motifs is 3. The van der Waals surface area contributed by atoms with Crippen molar-refractivity contribution in [1.29, 1.82) is 0 Å². The number of rotatable bonds is 8. The van der Waals surface area contributed by atoms with Crippen molar-refractivity contribution in [2.75, 3.05) is 6.54 Å². The van der Waals surface area contributed by atoms with Gasteiger partial charge in [0, 0.05) is 24.6 Å². The van der Waals surface area contributed by atoms with Gasteiger partial charge in [-0.15, -0.1) is 0 Å². The molecule has 1 saturated heterocycles. The summed E-state index contributed by atoms with van der Waals surface area (Å²) in [6.45, 7) is 3.51. The number of allylic oxidation sites excluding steroid dienone is 1. The Morgan fingerprint density at radius 3 is 2.63 bits per heavy atom. The van der Waals surface area contributed by atoms with E-state index < -0.39 is 74.4 Å². The van der Waals surface area contributed by atoms with E-state index in [0.29, 0.717) is 49.0 Å². The van der Waals surface area contributed by atoms with Gasteiger partial charge in [-0.2, -0.15) is 0 Å². The van der Waals surface area contributed by atoms with Gasteiger partial charge in [0.15, 0.2) is 0 Å². The van der Waals surface area contributed by atoms with Crippen molar-refractivity contribution in [3.8, 4) is 5.88 Å². The molecule has 0 radical (unpaired) electrons. The Labute approximate surface area is 312 Å². The summed E-state index contributed by atoms with van der Waals surface area (Å²) >= 11 is 0. The van der Waals surface area contributed by atoms with Crippen LogP contribution in [0.4, 0.5) is 4.39 Å². The number of aromatic nitrogens is 4. The third-order valence-corrected chi connectivity index (χ3v) is 12.3. The fraction of sp³-hybridized carbons (Fsp3) is 0.514. The van der Waals surface area contributed by atoms with Crippen LogP contribution >= 0.6 is 0 Å². The van der Waals surface area contributed by atoms with Crippen LogP contribution in [0.3, 0.4) is 0 Å². The Kier molecular flexibility index (Phi) is 10.3. The molecule has 7 rings (SSSR count). The van der Waals surface area contributed by atoms with Crippen LogP contribution in [0.2, 0.25) is 0 Å². The first-order valence-corrected chi connectivity index (χ1v) is 20.0. The van der Waals surface area contributed by atoms with Crippen molar-refractivity contribution in [3.05, 3.63) is 65.6 Å². The van der Waals surface area contributed by atoms with Crippen LogP contribution in [0.15, 0.2) is 42.7 Å². The minimum Gasteiger partial charge on any atom is -0.471 e. The van der Waals surface area contributed by atoms with E-state index in [0.717, 1.165) is 12.8 Å². The SMILES string of the molecule is CCc1nc2ccc(F)cc2nc1O[C@@H]1C[C@H]2C(=O)N[C@]3(C(=O)NS(=O)(=O)C4CC4)CC3/C=C\CCCCC[C@H](NC(=O)c3cnc(C)cn3)C(=O)N2C1. The number of sulfonamides is 1. The van der Waals surface area contributed by atoms with E-state index in [2.05, 4.69) is 35.3 Å². The molecule has 3 N–H and O–H groups in total. The molecule has 5 atom stereocenters. The van der Waals surface area contributed by atoms with E-state index in [1.807, 2.05) is 19.1 Å². The van der Waals surface area contributed by atoms with Crippen molar-refractivity contribution in [2.24, 2.45) is 5.92 Å². The maximum absolute atomic E-state index is 14.5. The summed E-state index contributed by atoms with van der Waals surface area (Å²) in [5.74, 6) is -3.45. The third-order valence-electron chi connectivity index (χ3n) is 10.4.